The largest absolute Gasteiger partial charge is 0.480 e. The maximum atomic E-state index is 10.6. The molecule has 6 heteroatoms. The monoisotopic (exact) mass is 204 g/mol. The zero-order valence-electron chi connectivity index (χ0n) is 8.06. The van der Waals surface area contributed by atoms with Crippen molar-refractivity contribution in [3.8, 4) is 0 Å². The van der Waals surface area contributed by atoms with Gasteiger partial charge >= 0.3 is 5.97 Å². The molecule has 82 valence electrons. The van der Waals surface area contributed by atoms with Crippen LogP contribution in [0.15, 0.2) is 0 Å². The van der Waals surface area contributed by atoms with Gasteiger partial charge in [-0.2, -0.15) is 0 Å². The van der Waals surface area contributed by atoms with E-state index in [1.165, 1.54) is 6.92 Å². The first-order chi connectivity index (χ1) is 6.47. The van der Waals surface area contributed by atoms with Crippen LogP contribution in [-0.2, 0) is 9.59 Å². The Balaban J connectivity index is 3.97. The average molecular weight is 204 g/mol. The van der Waals surface area contributed by atoms with Gasteiger partial charge in [0, 0.05) is 13.5 Å². The fraction of sp³-hybridized carbons (Fsp3) is 0.750. The molecule has 0 spiro atoms. The number of carbonyl (C=O) groups excluding carboxylic acids is 1. The van der Waals surface area contributed by atoms with E-state index >= 15 is 0 Å². The highest BCUT2D eigenvalue weighted by Gasteiger charge is 2.18. The number of carboxylic acids is 1. The Bertz CT molecular complexity index is 208. The van der Waals surface area contributed by atoms with E-state index < -0.39 is 24.0 Å². The van der Waals surface area contributed by atoms with Crippen LogP contribution in [0.5, 0.6) is 0 Å². The van der Waals surface area contributed by atoms with Crippen molar-refractivity contribution in [2.45, 2.75) is 31.9 Å². The lowest BCUT2D eigenvalue weighted by Crippen LogP contribution is -2.40. The van der Waals surface area contributed by atoms with Crippen LogP contribution in [0.2, 0.25) is 0 Å². The zero-order valence-corrected chi connectivity index (χ0v) is 8.06. The van der Waals surface area contributed by atoms with Crippen LogP contribution < -0.4 is 11.1 Å². The summed E-state index contributed by atoms with van der Waals surface area (Å²) in [6.07, 6.45) is -0.285. The first-order valence-corrected chi connectivity index (χ1v) is 4.35. The molecule has 0 heterocycles. The molecule has 0 aromatic carbocycles. The Morgan fingerprint density at radius 2 is 2.00 bits per heavy atom. The molecule has 0 bridgehead atoms. The van der Waals surface area contributed by atoms with Crippen LogP contribution in [0.1, 0.15) is 19.8 Å². The van der Waals surface area contributed by atoms with Gasteiger partial charge in [-0.1, -0.05) is 0 Å². The van der Waals surface area contributed by atoms with E-state index in [4.69, 9.17) is 15.9 Å². The normalized spacial score (nSPS) is 14.5. The summed E-state index contributed by atoms with van der Waals surface area (Å²) >= 11 is 0. The van der Waals surface area contributed by atoms with Gasteiger partial charge in [-0.05, 0) is 12.8 Å². The minimum atomic E-state index is -1.11. The van der Waals surface area contributed by atoms with Gasteiger partial charge in [0.1, 0.15) is 6.04 Å². The van der Waals surface area contributed by atoms with Gasteiger partial charge < -0.3 is 21.3 Å². The summed E-state index contributed by atoms with van der Waals surface area (Å²) in [4.78, 5) is 21.2. The predicted octanol–water partition coefficient (Wildman–Crippen LogP) is -1.32. The summed E-state index contributed by atoms with van der Waals surface area (Å²) in [6, 6.07) is -0.950. The van der Waals surface area contributed by atoms with Crippen LogP contribution in [0.25, 0.3) is 0 Å². The molecule has 0 aliphatic heterocycles. The molecular formula is C8H16N2O4. The topological polar surface area (TPSA) is 113 Å². The molecule has 0 aliphatic carbocycles. The highest BCUT2D eigenvalue weighted by atomic mass is 16.4. The summed E-state index contributed by atoms with van der Waals surface area (Å²) < 4.78 is 0. The van der Waals surface area contributed by atoms with Crippen molar-refractivity contribution >= 4 is 11.9 Å². The first-order valence-electron chi connectivity index (χ1n) is 4.35. The van der Waals surface area contributed by atoms with Gasteiger partial charge in [-0.15, -0.1) is 0 Å². The molecule has 0 aliphatic rings. The lowest BCUT2D eigenvalue weighted by molar-refractivity contribution is -0.141. The van der Waals surface area contributed by atoms with Crippen LogP contribution in [-0.4, -0.2) is 40.8 Å². The number of nitrogens with two attached hydrogens (primary N) is 1. The number of hydrogen-bond donors (Lipinski definition) is 4. The average Bonchev–Trinajstić information content (AvgIpc) is 2.10. The molecule has 0 radical (unpaired) electrons. The number of amides is 1. The Kier molecular flexibility index (Phi) is 5.82. The summed E-state index contributed by atoms with van der Waals surface area (Å²) in [5.41, 5.74) is 5.15. The van der Waals surface area contributed by atoms with E-state index in [1.807, 2.05) is 0 Å². The van der Waals surface area contributed by atoms with Crippen LogP contribution in [0.4, 0.5) is 0 Å². The summed E-state index contributed by atoms with van der Waals surface area (Å²) in [7, 11) is 0. The van der Waals surface area contributed by atoms with Crippen molar-refractivity contribution in [1.82, 2.24) is 5.32 Å². The van der Waals surface area contributed by atoms with Gasteiger partial charge in [0.2, 0.25) is 5.91 Å². The van der Waals surface area contributed by atoms with Crippen molar-refractivity contribution in [1.29, 1.82) is 0 Å². The van der Waals surface area contributed by atoms with E-state index in [0.29, 0.717) is 0 Å². The summed E-state index contributed by atoms with van der Waals surface area (Å²) in [5, 5.41) is 20.0. The third-order valence-corrected chi connectivity index (χ3v) is 1.74. The lowest BCUT2D eigenvalue weighted by Gasteiger charge is -2.14. The molecule has 0 rings (SSSR count). The molecule has 5 N–H and O–H groups in total. The second kappa shape index (κ2) is 6.33. The predicted molar refractivity (Wildman–Crippen MR) is 49.5 cm³/mol. The van der Waals surface area contributed by atoms with E-state index in [0.717, 1.165) is 0 Å². The standard InChI is InChI=1S/C8H16N2O4/c1-5(11)10-7(8(13)14)3-2-6(12)4-9/h6-7,12H,2-4,9H2,1H3,(H,10,11)(H,13,14)/t6-,7+/m1/s1. The molecule has 6 nitrogen and oxygen atoms in total. The molecular weight excluding hydrogens is 188 g/mol. The molecule has 0 saturated carbocycles. The van der Waals surface area contributed by atoms with Crippen molar-refractivity contribution in [2.75, 3.05) is 6.54 Å². The van der Waals surface area contributed by atoms with Crippen LogP contribution in [0, 0.1) is 0 Å². The van der Waals surface area contributed by atoms with E-state index in [-0.39, 0.29) is 19.4 Å². The summed E-state index contributed by atoms with van der Waals surface area (Å²) in [5.74, 6) is -1.51. The smallest absolute Gasteiger partial charge is 0.326 e. The van der Waals surface area contributed by atoms with Gasteiger partial charge in [0.25, 0.3) is 0 Å². The maximum absolute atomic E-state index is 10.6. The number of aliphatic hydroxyl groups is 1. The number of aliphatic hydroxyl groups excluding tert-OH is 1. The number of carbonyl (C=O) groups is 2. The molecule has 2 atom stereocenters. The Labute approximate surface area is 82.1 Å². The number of rotatable bonds is 6. The van der Waals surface area contributed by atoms with Gasteiger partial charge in [0.15, 0.2) is 0 Å². The maximum Gasteiger partial charge on any atom is 0.326 e. The third kappa shape index (κ3) is 5.50. The van der Waals surface area contributed by atoms with E-state index in [1.54, 1.807) is 0 Å². The van der Waals surface area contributed by atoms with Gasteiger partial charge in [-0.3, -0.25) is 4.79 Å². The minimum Gasteiger partial charge on any atom is -0.480 e. The number of aliphatic carboxylic acids is 1. The third-order valence-electron chi connectivity index (χ3n) is 1.74. The molecule has 0 unspecified atom stereocenters. The fourth-order valence-electron chi connectivity index (χ4n) is 0.980. The Morgan fingerprint density at radius 3 is 2.36 bits per heavy atom. The second-order valence-electron chi connectivity index (χ2n) is 3.06. The molecule has 0 saturated heterocycles. The number of carboxylic acid groups (broad SMARTS) is 1. The fourth-order valence-corrected chi connectivity index (χ4v) is 0.980. The molecule has 0 aromatic rings. The van der Waals surface area contributed by atoms with Crippen LogP contribution >= 0.6 is 0 Å². The van der Waals surface area contributed by atoms with E-state index in [9.17, 15) is 9.59 Å². The van der Waals surface area contributed by atoms with Crippen molar-refractivity contribution < 1.29 is 19.8 Å². The molecule has 1 amide bonds. The van der Waals surface area contributed by atoms with Crippen molar-refractivity contribution in [3.63, 3.8) is 0 Å². The molecule has 0 fully saturated rings. The van der Waals surface area contributed by atoms with Crippen molar-refractivity contribution in [2.24, 2.45) is 5.73 Å². The summed E-state index contributed by atoms with van der Waals surface area (Å²) in [6.45, 7) is 1.34. The molecule has 0 aromatic heterocycles. The quantitative estimate of drug-likeness (QED) is 0.428. The Hall–Kier alpha value is -1.14. The van der Waals surface area contributed by atoms with Gasteiger partial charge in [-0.25, -0.2) is 4.79 Å². The highest BCUT2D eigenvalue weighted by molar-refractivity contribution is 5.81. The number of hydrogen-bond acceptors (Lipinski definition) is 4. The second-order valence-corrected chi connectivity index (χ2v) is 3.06. The minimum absolute atomic E-state index is 0.0897. The highest BCUT2D eigenvalue weighted by Crippen LogP contribution is 2.01. The zero-order chi connectivity index (χ0) is 11.1. The Morgan fingerprint density at radius 1 is 1.43 bits per heavy atom. The number of nitrogens with one attached hydrogen (secondary N) is 1. The lowest BCUT2D eigenvalue weighted by atomic mass is 10.1. The SMILES string of the molecule is CC(=O)N[C@@H](CC[C@@H](O)CN)C(=O)O. The molecule has 14 heavy (non-hydrogen) atoms. The first kappa shape index (κ1) is 12.9. The van der Waals surface area contributed by atoms with Crippen LogP contribution in [0.3, 0.4) is 0 Å². The van der Waals surface area contributed by atoms with E-state index in [2.05, 4.69) is 5.32 Å². The van der Waals surface area contributed by atoms with Gasteiger partial charge in [0.05, 0.1) is 6.10 Å². The van der Waals surface area contributed by atoms with Crippen molar-refractivity contribution in [3.05, 3.63) is 0 Å².